The number of aryl methyl sites for hydroxylation is 2. The fourth-order valence-electron chi connectivity index (χ4n) is 2.88. The number of carbonyl (C=O) groups excluding carboxylic acids is 1. The summed E-state index contributed by atoms with van der Waals surface area (Å²) in [6, 6.07) is 0.0449. The fraction of sp³-hybridized carbons (Fsp3) is 0.625. The number of amides is 1. The quantitative estimate of drug-likeness (QED) is 0.819. The van der Waals surface area contributed by atoms with Crippen molar-refractivity contribution in [2.75, 3.05) is 5.75 Å². The first-order valence-corrected chi connectivity index (χ1v) is 9.51. The van der Waals surface area contributed by atoms with Gasteiger partial charge in [-0.05, 0) is 27.7 Å². The molecule has 0 bridgehead atoms. The zero-order valence-corrected chi connectivity index (χ0v) is 15.2. The topological polar surface area (TPSA) is 72.3 Å². The van der Waals surface area contributed by atoms with Gasteiger partial charge < -0.3 is 4.90 Å². The number of hydrogen-bond donors (Lipinski definition) is 0. The molecule has 0 spiro atoms. The van der Waals surface area contributed by atoms with E-state index < -0.39 is 9.84 Å². The van der Waals surface area contributed by atoms with Crippen molar-refractivity contribution in [2.45, 2.75) is 46.7 Å². The van der Waals surface area contributed by atoms with Gasteiger partial charge in [0.15, 0.2) is 9.84 Å². The van der Waals surface area contributed by atoms with E-state index in [1.165, 1.54) is 5.41 Å². The third-order valence-electron chi connectivity index (χ3n) is 4.37. The van der Waals surface area contributed by atoms with Gasteiger partial charge in [0.25, 0.3) is 0 Å². The zero-order chi connectivity index (χ0) is 17.4. The zero-order valence-electron chi connectivity index (χ0n) is 14.4. The Labute approximate surface area is 138 Å². The number of allylic oxidation sites excluding steroid dienone is 1. The number of carbonyl (C=O) groups is 1. The van der Waals surface area contributed by atoms with Crippen LogP contribution in [-0.2, 0) is 28.2 Å². The molecule has 1 aliphatic heterocycles. The Bertz CT molecular complexity index is 732. The third-order valence-corrected chi connectivity index (χ3v) is 5.84. The molecule has 1 amide bonds. The molecule has 23 heavy (non-hydrogen) atoms. The van der Waals surface area contributed by atoms with Crippen LogP contribution in [0.2, 0.25) is 0 Å². The van der Waals surface area contributed by atoms with E-state index in [4.69, 9.17) is 0 Å². The maximum atomic E-state index is 12.7. The van der Waals surface area contributed by atoms with Crippen molar-refractivity contribution >= 4 is 15.7 Å². The molecule has 0 radical (unpaired) electrons. The molecule has 6 nitrogen and oxygen atoms in total. The number of hydrogen-bond acceptors (Lipinski definition) is 4. The summed E-state index contributed by atoms with van der Waals surface area (Å²) in [7, 11) is -1.23. The Kier molecular flexibility index (Phi) is 4.98. The van der Waals surface area contributed by atoms with Crippen LogP contribution < -0.4 is 0 Å². The lowest BCUT2D eigenvalue weighted by molar-refractivity contribution is -0.134. The van der Waals surface area contributed by atoms with Crippen LogP contribution in [0.1, 0.15) is 37.2 Å². The highest BCUT2D eigenvalue weighted by Crippen LogP contribution is 2.22. The second kappa shape index (κ2) is 6.47. The molecule has 0 saturated heterocycles. The highest BCUT2D eigenvalue weighted by atomic mass is 32.2. The molecule has 0 saturated carbocycles. The lowest BCUT2D eigenvalue weighted by atomic mass is 10.1. The number of aromatic nitrogens is 2. The highest BCUT2D eigenvalue weighted by Gasteiger charge is 2.27. The molecule has 1 aliphatic rings. The molecule has 2 rings (SSSR count). The van der Waals surface area contributed by atoms with Gasteiger partial charge in [-0.2, -0.15) is 5.10 Å². The van der Waals surface area contributed by atoms with Crippen molar-refractivity contribution in [2.24, 2.45) is 13.0 Å². The standard InChI is InChI=1S/C16H25N3O3S/c1-11(2)19(9-15-12(3)17-18(5)13(15)4)16(20)8-14-6-7-23(21,22)10-14/h6-7,11,14H,8-10H2,1-5H3/t14-/m1/s1. The Hall–Kier alpha value is -1.63. The van der Waals surface area contributed by atoms with Gasteiger partial charge in [0.2, 0.25) is 5.91 Å². The molecule has 0 aromatic carbocycles. The van der Waals surface area contributed by atoms with Gasteiger partial charge in [0.1, 0.15) is 0 Å². The van der Waals surface area contributed by atoms with Gasteiger partial charge in [-0.1, -0.05) is 6.08 Å². The minimum absolute atomic E-state index is 0.0191. The summed E-state index contributed by atoms with van der Waals surface area (Å²) in [4.78, 5) is 14.5. The maximum absolute atomic E-state index is 12.7. The second-order valence-electron chi connectivity index (χ2n) is 6.51. The molecule has 0 aliphatic carbocycles. The first kappa shape index (κ1) is 17.7. The van der Waals surface area contributed by atoms with E-state index in [-0.39, 0.29) is 30.0 Å². The molecule has 0 fully saturated rings. The van der Waals surface area contributed by atoms with E-state index in [0.717, 1.165) is 17.0 Å². The normalized spacial score (nSPS) is 19.5. The number of rotatable bonds is 5. The molecule has 2 heterocycles. The summed E-state index contributed by atoms with van der Waals surface area (Å²) in [6.07, 6.45) is 1.86. The summed E-state index contributed by atoms with van der Waals surface area (Å²) in [5, 5.41) is 5.62. The van der Waals surface area contributed by atoms with E-state index in [9.17, 15) is 13.2 Å². The van der Waals surface area contributed by atoms with E-state index in [2.05, 4.69) is 5.10 Å². The SMILES string of the molecule is Cc1nn(C)c(C)c1CN(C(=O)C[C@H]1C=CS(=O)(=O)C1)C(C)C. The summed E-state index contributed by atoms with van der Waals surface area (Å²) in [5.41, 5.74) is 3.03. The average Bonchev–Trinajstić information content (AvgIpc) is 2.87. The van der Waals surface area contributed by atoms with Crippen LogP contribution in [0.15, 0.2) is 11.5 Å². The van der Waals surface area contributed by atoms with E-state index in [1.807, 2.05) is 39.4 Å². The smallest absolute Gasteiger partial charge is 0.223 e. The minimum atomic E-state index is -3.12. The fourth-order valence-corrected chi connectivity index (χ4v) is 4.28. The lowest BCUT2D eigenvalue weighted by Crippen LogP contribution is -2.37. The van der Waals surface area contributed by atoms with Gasteiger partial charge in [0, 0.05) is 48.6 Å². The van der Waals surface area contributed by atoms with Crippen molar-refractivity contribution in [1.82, 2.24) is 14.7 Å². The predicted octanol–water partition coefficient (Wildman–Crippen LogP) is 1.72. The van der Waals surface area contributed by atoms with Crippen molar-refractivity contribution < 1.29 is 13.2 Å². The molecule has 128 valence electrons. The summed E-state index contributed by atoms with van der Waals surface area (Å²) in [6.45, 7) is 8.38. The Morgan fingerprint density at radius 2 is 2.09 bits per heavy atom. The first-order chi connectivity index (χ1) is 10.6. The molecular formula is C16H25N3O3S. The second-order valence-corrected chi connectivity index (χ2v) is 8.44. The summed E-state index contributed by atoms with van der Waals surface area (Å²) < 4.78 is 24.8. The highest BCUT2D eigenvalue weighted by molar-refractivity contribution is 7.94. The van der Waals surface area contributed by atoms with E-state index in [1.54, 1.807) is 11.0 Å². The molecule has 1 aromatic heterocycles. The Morgan fingerprint density at radius 1 is 1.43 bits per heavy atom. The number of sulfone groups is 1. The summed E-state index contributed by atoms with van der Waals surface area (Å²) >= 11 is 0. The minimum Gasteiger partial charge on any atom is -0.336 e. The van der Waals surface area contributed by atoms with E-state index in [0.29, 0.717) is 6.54 Å². The molecular weight excluding hydrogens is 314 g/mol. The maximum Gasteiger partial charge on any atom is 0.223 e. The Balaban J connectivity index is 2.12. The molecule has 1 atom stereocenters. The van der Waals surface area contributed by atoms with Gasteiger partial charge >= 0.3 is 0 Å². The molecule has 0 N–H and O–H groups in total. The molecule has 7 heteroatoms. The van der Waals surface area contributed by atoms with Crippen molar-refractivity contribution in [3.8, 4) is 0 Å². The van der Waals surface area contributed by atoms with Crippen molar-refractivity contribution in [3.63, 3.8) is 0 Å². The Morgan fingerprint density at radius 3 is 2.52 bits per heavy atom. The van der Waals surface area contributed by atoms with Crippen molar-refractivity contribution in [3.05, 3.63) is 28.4 Å². The van der Waals surface area contributed by atoms with Gasteiger partial charge in [-0.15, -0.1) is 0 Å². The van der Waals surface area contributed by atoms with Crippen molar-refractivity contribution in [1.29, 1.82) is 0 Å². The third kappa shape index (κ3) is 4.02. The first-order valence-electron chi connectivity index (χ1n) is 7.80. The van der Waals surface area contributed by atoms with E-state index >= 15 is 0 Å². The van der Waals surface area contributed by atoms with Crippen LogP contribution in [0, 0.1) is 19.8 Å². The van der Waals surface area contributed by atoms with Crippen LogP contribution >= 0.6 is 0 Å². The van der Waals surface area contributed by atoms with Gasteiger partial charge in [-0.3, -0.25) is 9.48 Å². The molecule has 1 aromatic rings. The van der Waals surface area contributed by atoms with Crippen LogP contribution in [-0.4, -0.2) is 40.8 Å². The van der Waals surface area contributed by atoms with Gasteiger partial charge in [-0.25, -0.2) is 8.42 Å². The molecule has 0 unspecified atom stereocenters. The van der Waals surface area contributed by atoms with Crippen LogP contribution in [0.4, 0.5) is 0 Å². The lowest BCUT2D eigenvalue weighted by Gasteiger charge is -2.28. The van der Waals surface area contributed by atoms with Crippen LogP contribution in [0.5, 0.6) is 0 Å². The number of nitrogens with zero attached hydrogens (tertiary/aromatic N) is 3. The van der Waals surface area contributed by atoms with Crippen LogP contribution in [0.3, 0.4) is 0 Å². The average molecular weight is 339 g/mol. The van der Waals surface area contributed by atoms with Crippen LogP contribution in [0.25, 0.3) is 0 Å². The van der Waals surface area contributed by atoms with Gasteiger partial charge in [0.05, 0.1) is 11.4 Å². The predicted molar refractivity (Wildman–Crippen MR) is 89.4 cm³/mol. The largest absolute Gasteiger partial charge is 0.336 e. The summed E-state index contributed by atoms with van der Waals surface area (Å²) in [5.74, 6) is -0.199. The monoisotopic (exact) mass is 339 g/mol.